The predicted molar refractivity (Wildman–Crippen MR) is 108 cm³/mol. The van der Waals surface area contributed by atoms with E-state index in [2.05, 4.69) is 5.32 Å². The second-order valence-corrected chi connectivity index (χ2v) is 7.62. The summed E-state index contributed by atoms with van der Waals surface area (Å²) in [4.78, 5) is 26.9. The molecule has 2 aromatic carbocycles. The molecule has 2 fully saturated rings. The average molecular weight is 378 g/mol. The molecule has 1 N–H and O–H groups in total. The Kier molecular flexibility index (Phi) is 5.60. The van der Waals surface area contributed by atoms with Gasteiger partial charge in [-0.15, -0.1) is 0 Å². The van der Waals surface area contributed by atoms with Crippen LogP contribution in [0.3, 0.4) is 0 Å². The largest absolute Gasteiger partial charge is 0.489 e. The van der Waals surface area contributed by atoms with Gasteiger partial charge in [-0.25, -0.2) is 0 Å². The first-order valence-corrected chi connectivity index (χ1v) is 10.1. The molecule has 2 amide bonds. The summed E-state index contributed by atoms with van der Waals surface area (Å²) in [5, 5.41) is 2.93. The van der Waals surface area contributed by atoms with Gasteiger partial charge in [0, 0.05) is 18.8 Å². The minimum atomic E-state index is -0.191. The second-order valence-electron chi connectivity index (χ2n) is 7.62. The molecule has 1 aliphatic carbocycles. The maximum Gasteiger partial charge on any atom is 0.228 e. The Balaban J connectivity index is 1.25. The van der Waals surface area contributed by atoms with Gasteiger partial charge in [0.25, 0.3) is 0 Å². The molecule has 1 saturated heterocycles. The summed E-state index contributed by atoms with van der Waals surface area (Å²) in [6.45, 7) is 2.19. The first-order valence-electron chi connectivity index (χ1n) is 10.1. The number of nitrogens with one attached hydrogen (secondary N) is 1. The summed E-state index contributed by atoms with van der Waals surface area (Å²) in [6, 6.07) is 17.4. The number of anilines is 1. The molecule has 1 saturated carbocycles. The molecule has 5 nitrogen and oxygen atoms in total. The van der Waals surface area contributed by atoms with Crippen molar-refractivity contribution in [2.45, 2.75) is 32.3 Å². The SMILES string of the molecule is O=C(Nc1ccc(OCc2ccccc2)cc1)C1CC1C(=O)N1CCCCC1. The number of likely N-dealkylation sites (tertiary alicyclic amines) is 1. The zero-order chi connectivity index (χ0) is 19.3. The van der Waals surface area contributed by atoms with Crippen LogP contribution in [0, 0.1) is 11.8 Å². The summed E-state index contributed by atoms with van der Waals surface area (Å²) >= 11 is 0. The second kappa shape index (κ2) is 8.46. The van der Waals surface area contributed by atoms with Gasteiger partial charge in [0.1, 0.15) is 12.4 Å². The van der Waals surface area contributed by atoms with Crippen LogP contribution in [0.1, 0.15) is 31.2 Å². The highest BCUT2D eigenvalue weighted by Crippen LogP contribution is 2.41. The third-order valence-corrected chi connectivity index (χ3v) is 5.48. The fraction of sp³-hybridized carbons (Fsp3) is 0.391. The number of hydrogen-bond donors (Lipinski definition) is 1. The van der Waals surface area contributed by atoms with Crippen molar-refractivity contribution in [2.24, 2.45) is 11.8 Å². The van der Waals surface area contributed by atoms with Gasteiger partial charge in [-0.05, 0) is 55.5 Å². The van der Waals surface area contributed by atoms with E-state index in [0.29, 0.717) is 13.0 Å². The van der Waals surface area contributed by atoms with Crippen LogP contribution in [0.5, 0.6) is 5.75 Å². The van der Waals surface area contributed by atoms with Gasteiger partial charge in [-0.2, -0.15) is 0 Å². The highest BCUT2D eigenvalue weighted by molar-refractivity contribution is 5.99. The van der Waals surface area contributed by atoms with Gasteiger partial charge in [-0.3, -0.25) is 9.59 Å². The van der Waals surface area contributed by atoms with E-state index in [0.717, 1.165) is 42.9 Å². The molecule has 1 aliphatic heterocycles. The molecule has 0 aromatic heterocycles. The number of hydrogen-bond acceptors (Lipinski definition) is 3. The normalized spacial score (nSPS) is 21.1. The third kappa shape index (κ3) is 4.53. The maximum absolute atomic E-state index is 12.5. The minimum absolute atomic E-state index is 0.0617. The number of carbonyl (C=O) groups excluding carboxylic acids is 2. The zero-order valence-electron chi connectivity index (χ0n) is 16.0. The van der Waals surface area contributed by atoms with Crippen LogP contribution in [0.25, 0.3) is 0 Å². The van der Waals surface area contributed by atoms with Crippen LogP contribution in [-0.2, 0) is 16.2 Å². The third-order valence-electron chi connectivity index (χ3n) is 5.48. The minimum Gasteiger partial charge on any atom is -0.489 e. The van der Waals surface area contributed by atoms with Crippen molar-refractivity contribution in [3.63, 3.8) is 0 Å². The van der Waals surface area contributed by atoms with Crippen molar-refractivity contribution < 1.29 is 14.3 Å². The highest BCUT2D eigenvalue weighted by atomic mass is 16.5. The predicted octanol–water partition coefficient (Wildman–Crippen LogP) is 3.85. The monoisotopic (exact) mass is 378 g/mol. The highest BCUT2D eigenvalue weighted by Gasteiger charge is 2.49. The van der Waals surface area contributed by atoms with Crippen molar-refractivity contribution in [3.05, 3.63) is 60.2 Å². The maximum atomic E-state index is 12.5. The fourth-order valence-electron chi connectivity index (χ4n) is 3.72. The molecule has 0 bridgehead atoms. The Labute approximate surface area is 165 Å². The molecule has 146 valence electrons. The summed E-state index contributed by atoms with van der Waals surface area (Å²) in [6.07, 6.45) is 4.02. The number of amides is 2. The standard InChI is InChI=1S/C23H26N2O3/c26-22(20-15-21(20)23(27)25-13-5-2-6-14-25)24-18-9-11-19(12-10-18)28-16-17-7-3-1-4-8-17/h1,3-4,7-12,20-21H,2,5-6,13-16H2,(H,24,26). The van der Waals surface area contributed by atoms with Gasteiger partial charge >= 0.3 is 0 Å². The van der Waals surface area contributed by atoms with Crippen molar-refractivity contribution in [1.82, 2.24) is 4.90 Å². The molecular weight excluding hydrogens is 352 g/mol. The fourth-order valence-corrected chi connectivity index (χ4v) is 3.72. The lowest BCUT2D eigenvalue weighted by atomic mass is 10.1. The Morgan fingerprint density at radius 1 is 0.929 bits per heavy atom. The van der Waals surface area contributed by atoms with E-state index in [9.17, 15) is 9.59 Å². The first-order chi connectivity index (χ1) is 13.7. The van der Waals surface area contributed by atoms with Gasteiger partial charge in [0.15, 0.2) is 0 Å². The van der Waals surface area contributed by atoms with Gasteiger partial charge in [-0.1, -0.05) is 30.3 Å². The molecule has 2 aromatic rings. The average Bonchev–Trinajstić information content (AvgIpc) is 3.55. The van der Waals surface area contributed by atoms with Crippen molar-refractivity contribution in [1.29, 1.82) is 0 Å². The lowest BCUT2D eigenvalue weighted by Gasteiger charge is -2.26. The molecular formula is C23H26N2O3. The van der Waals surface area contributed by atoms with E-state index in [4.69, 9.17) is 4.74 Å². The van der Waals surface area contributed by atoms with Crippen LogP contribution < -0.4 is 10.1 Å². The molecule has 2 unspecified atom stereocenters. The number of carbonyl (C=O) groups is 2. The van der Waals surface area contributed by atoms with Crippen LogP contribution in [-0.4, -0.2) is 29.8 Å². The Morgan fingerprint density at radius 2 is 1.64 bits per heavy atom. The molecule has 28 heavy (non-hydrogen) atoms. The van der Waals surface area contributed by atoms with Crippen molar-refractivity contribution in [2.75, 3.05) is 18.4 Å². The molecule has 0 spiro atoms. The lowest BCUT2D eigenvalue weighted by molar-refractivity contribution is -0.134. The molecule has 2 aliphatic rings. The Bertz CT molecular complexity index is 814. The van der Waals surface area contributed by atoms with E-state index in [1.165, 1.54) is 6.42 Å². The smallest absolute Gasteiger partial charge is 0.228 e. The van der Waals surface area contributed by atoms with E-state index in [1.54, 1.807) is 0 Å². The number of rotatable bonds is 6. The number of ether oxygens (including phenoxy) is 1. The van der Waals surface area contributed by atoms with Crippen LogP contribution in [0.15, 0.2) is 54.6 Å². The topological polar surface area (TPSA) is 58.6 Å². The molecule has 4 rings (SSSR count). The summed E-state index contributed by atoms with van der Waals surface area (Å²) in [5.74, 6) is 0.527. The van der Waals surface area contributed by atoms with Crippen LogP contribution in [0.4, 0.5) is 5.69 Å². The molecule has 5 heteroatoms. The first kappa shape index (κ1) is 18.5. The van der Waals surface area contributed by atoms with Crippen molar-refractivity contribution >= 4 is 17.5 Å². The van der Waals surface area contributed by atoms with E-state index < -0.39 is 0 Å². The number of benzene rings is 2. The van der Waals surface area contributed by atoms with Crippen LogP contribution >= 0.6 is 0 Å². The Hall–Kier alpha value is -2.82. The summed E-state index contributed by atoms with van der Waals surface area (Å²) in [7, 11) is 0. The molecule has 2 atom stereocenters. The van der Waals surface area contributed by atoms with E-state index in [-0.39, 0.29) is 23.7 Å². The number of nitrogens with zero attached hydrogens (tertiary/aromatic N) is 1. The van der Waals surface area contributed by atoms with E-state index in [1.807, 2.05) is 59.5 Å². The van der Waals surface area contributed by atoms with Gasteiger partial charge in [0.05, 0.1) is 11.8 Å². The van der Waals surface area contributed by atoms with Crippen molar-refractivity contribution in [3.8, 4) is 5.75 Å². The van der Waals surface area contributed by atoms with Crippen LogP contribution in [0.2, 0.25) is 0 Å². The lowest BCUT2D eigenvalue weighted by Crippen LogP contribution is -2.37. The number of piperidine rings is 1. The summed E-state index contributed by atoms with van der Waals surface area (Å²) < 4.78 is 5.76. The van der Waals surface area contributed by atoms with Gasteiger partial charge < -0.3 is 15.0 Å². The zero-order valence-corrected chi connectivity index (χ0v) is 16.0. The quantitative estimate of drug-likeness (QED) is 0.831. The Morgan fingerprint density at radius 3 is 2.36 bits per heavy atom. The van der Waals surface area contributed by atoms with E-state index >= 15 is 0 Å². The molecule has 0 radical (unpaired) electrons. The molecule has 1 heterocycles. The van der Waals surface area contributed by atoms with Gasteiger partial charge in [0.2, 0.25) is 11.8 Å². The summed E-state index contributed by atoms with van der Waals surface area (Å²) in [5.41, 5.74) is 1.84.